The Labute approximate surface area is 66.6 Å². The molecule has 0 saturated carbocycles. The van der Waals surface area contributed by atoms with E-state index < -0.39 is 0 Å². The first-order valence-corrected chi connectivity index (χ1v) is 4.00. The summed E-state index contributed by atoms with van der Waals surface area (Å²) in [4.78, 5) is 2.25. The van der Waals surface area contributed by atoms with Gasteiger partial charge in [0.2, 0.25) is 0 Å². The van der Waals surface area contributed by atoms with E-state index in [0.29, 0.717) is 5.92 Å². The molecule has 0 aliphatic carbocycles. The molecule has 1 aliphatic heterocycles. The maximum Gasteiger partial charge on any atom is 0.126 e. The fourth-order valence-corrected chi connectivity index (χ4v) is 1.70. The van der Waals surface area contributed by atoms with Crippen LogP contribution in [0.4, 0.5) is 5.82 Å². The third-order valence-corrected chi connectivity index (χ3v) is 2.16. The molecule has 1 aromatic heterocycles. The minimum atomic E-state index is 0.715. The summed E-state index contributed by atoms with van der Waals surface area (Å²) in [6.07, 6.45) is 1.86. The molecule has 1 atom stereocenters. The molecule has 3 nitrogen and oxygen atoms in total. The van der Waals surface area contributed by atoms with Crippen LogP contribution >= 0.6 is 0 Å². The monoisotopic (exact) mass is 151 g/mol. The smallest absolute Gasteiger partial charge is 0.126 e. The van der Waals surface area contributed by atoms with Gasteiger partial charge in [-0.15, -0.1) is 0 Å². The molecule has 2 rings (SSSR count). The van der Waals surface area contributed by atoms with Crippen LogP contribution in [-0.4, -0.2) is 23.4 Å². The summed E-state index contributed by atoms with van der Waals surface area (Å²) in [5.74, 6) is 1.95. The zero-order chi connectivity index (χ0) is 7.84. The van der Waals surface area contributed by atoms with E-state index in [1.165, 1.54) is 5.82 Å². The Hall–Kier alpha value is -0.990. The number of anilines is 1. The lowest BCUT2D eigenvalue weighted by Crippen LogP contribution is -2.34. The average molecular weight is 151 g/mol. The van der Waals surface area contributed by atoms with E-state index in [-0.39, 0.29) is 0 Å². The Balaban J connectivity index is 2.36. The van der Waals surface area contributed by atoms with E-state index in [1.807, 2.05) is 6.20 Å². The molecule has 0 fully saturated rings. The highest BCUT2D eigenvalue weighted by Gasteiger charge is 2.18. The molecule has 1 unspecified atom stereocenters. The highest BCUT2D eigenvalue weighted by Crippen LogP contribution is 2.20. The van der Waals surface area contributed by atoms with Crippen LogP contribution in [0.3, 0.4) is 0 Å². The van der Waals surface area contributed by atoms with Crippen LogP contribution in [-0.2, 0) is 6.54 Å². The van der Waals surface area contributed by atoms with Gasteiger partial charge in [0.15, 0.2) is 0 Å². The number of nitrogens with zero attached hydrogens (tertiary/aromatic N) is 3. The molecule has 1 aliphatic rings. The third kappa shape index (κ3) is 1.00. The molecule has 0 amide bonds. The van der Waals surface area contributed by atoms with Gasteiger partial charge < -0.3 is 4.90 Å². The van der Waals surface area contributed by atoms with E-state index in [4.69, 9.17) is 0 Å². The Morgan fingerprint density at radius 2 is 2.36 bits per heavy atom. The van der Waals surface area contributed by atoms with Gasteiger partial charge in [-0.05, 0) is 5.92 Å². The lowest BCUT2D eigenvalue weighted by Gasteiger charge is -2.29. The van der Waals surface area contributed by atoms with Gasteiger partial charge in [-0.3, -0.25) is 0 Å². The van der Waals surface area contributed by atoms with Crippen molar-refractivity contribution >= 4 is 5.82 Å². The summed E-state index contributed by atoms with van der Waals surface area (Å²) in [7, 11) is 2.11. The molecular weight excluding hydrogens is 138 g/mol. The highest BCUT2D eigenvalue weighted by molar-refractivity contribution is 5.38. The van der Waals surface area contributed by atoms with Crippen LogP contribution in [0, 0.1) is 5.92 Å². The third-order valence-electron chi connectivity index (χ3n) is 2.16. The zero-order valence-electron chi connectivity index (χ0n) is 6.99. The second-order valence-electron chi connectivity index (χ2n) is 3.36. The first-order chi connectivity index (χ1) is 5.27. The molecule has 0 aromatic carbocycles. The normalized spacial score (nSPS) is 23.5. The average Bonchev–Trinajstić information content (AvgIpc) is 2.34. The van der Waals surface area contributed by atoms with Crippen LogP contribution < -0.4 is 4.90 Å². The van der Waals surface area contributed by atoms with E-state index in [2.05, 4.69) is 34.7 Å². The van der Waals surface area contributed by atoms with Crippen LogP contribution in [0.1, 0.15) is 6.92 Å². The van der Waals surface area contributed by atoms with Gasteiger partial charge in [-0.25, -0.2) is 4.68 Å². The van der Waals surface area contributed by atoms with Gasteiger partial charge in [0, 0.05) is 26.2 Å². The lowest BCUT2D eigenvalue weighted by atomic mass is 10.1. The maximum atomic E-state index is 4.23. The van der Waals surface area contributed by atoms with Gasteiger partial charge in [-0.2, -0.15) is 5.10 Å². The Kier molecular flexibility index (Phi) is 1.37. The molecular formula is C8H13N3. The highest BCUT2D eigenvalue weighted by atomic mass is 15.4. The summed E-state index contributed by atoms with van der Waals surface area (Å²) in [6, 6.07) is 2.06. The minimum absolute atomic E-state index is 0.715. The van der Waals surface area contributed by atoms with Crippen molar-refractivity contribution in [2.24, 2.45) is 5.92 Å². The predicted octanol–water partition coefficient (Wildman–Crippen LogP) is 0.969. The van der Waals surface area contributed by atoms with Crippen LogP contribution in [0.25, 0.3) is 0 Å². The molecule has 1 aromatic rings. The van der Waals surface area contributed by atoms with Crippen molar-refractivity contribution in [1.29, 1.82) is 0 Å². The van der Waals surface area contributed by atoms with Crippen molar-refractivity contribution < 1.29 is 0 Å². The number of aromatic nitrogens is 2. The first kappa shape index (κ1) is 6.70. The van der Waals surface area contributed by atoms with E-state index in [0.717, 1.165) is 13.1 Å². The Morgan fingerprint density at radius 3 is 3.18 bits per heavy atom. The summed E-state index contributed by atoms with van der Waals surface area (Å²) in [5.41, 5.74) is 0. The fraction of sp³-hybridized carbons (Fsp3) is 0.625. The molecule has 0 N–H and O–H groups in total. The lowest BCUT2D eigenvalue weighted by molar-refractivity contribution is 0.416. The molecule has 0 saturated heterocycles. The topological polar surface area (TPSA) is 21.1 Å². The standard InChI is InChI=1S/C8H13N3/c1-7-5-10(2)8-3-4-9-11(8)6-7/h3-4,7H,5-6H2,1-2H3. The molecule has 11 heavy (non-hydrogen) atoms. The van der Waals surface area contributed by atoms with E-state index in [9.17, 15) is 0 Å². The summed E-state index contributed by atoms with van der Waals surface area (Å²) < 4.78 is 2.06. The quantitative estimate of drug-likeness (QED) is 0.551. The van der Waals surface area contributed by atoms with E-state index in [1.54, 1.807) is 0 Å². The second kappa shape index (κ2) is 2.26. The molecule has 0 bridgehead atoms. The SMILES string of the molecule is CC1CN(C)c2ccnn2C1. The Bertz CT molecular complexity index is 254. The van der Waals surface area contributed by atoms with Gasteiger partial charge >= 0.3 is 0 Å². The fourth-order valence-electron chi connectivity index (χ4n) is 1.70. The van der Waals surface area contributed by atoms with Gasteiger partial charge in [0.05, 0.1) is 6.20 Å². The van der Waals surface area contributed by atoms with Crippen molar-refractivity contribution in [3.8, 4) is 0 Å². The molecule has 0 radical (unpaired) electrons. The predicted molar refractivity (Wildman–Crippen MR) is 44.7 cm³/mol. The van der Waals surface area contributed by atoms with Crippen LogP contribution in [0.2, 0.25) is 0 Å². The van der Waals surface area contributed by atoms with Gasteiger partial charge in [0.1, 0.15) is 5.82 Å². The number of fused-ring (bicyclic) bond motifs is 1. The maximum absolute atomic E-state index is 4.23. The summed E-state index contributed by atoms with van der Waals surface area (Å²) >= 11 is 0. The van der Waals surface area contributed by atoms with Gasteiger partial charge in [-0.1, -0.05) is 6.92 Å². The number of hydrogen-bond donors (Lipinski definition) is 0. The Morgan fingerprint density at radius 1 is 1.55 bits per heavy atom. The molecule has 0 spiro atoms. The number of hydrogen-bond acceptors (Lipinski definition) is 2. The van der Waals surface area contributed by atoms with Crippen molar-refractivity contribution in [3.63, 3.8) is 0 Å². The molecule has 2 heterocycles. The van der Waals surface area contributed by atoms with Crippen LogP contribution in [0.15, 0.2) is 12.3 Å². The second-order valence-corrected chi connectivity index (χ2v) is 3.36. The van der Waals surface area contributed by atoms with E-state index >= 15 is 0 Å². The summed E-state index contributed by atoms with van der Waals surface area (Å²) in [5, 5.41) is 4.23. The van der Waals surface area contributed by atoms with Crippen molar-refractivity contribution in [2.75, 3.05) is 18.5 Å². The van der Waals surface area contributed by atoms with Crippen molar-refractivity contribution in [1.82, 2.24) is 9.78 Å². The molecule has 60 valence electrons. The summed E-state index contributed by atoms with van der Waals surface area (Å²) in [6.45, 7) is 4.46. The van der Waals surface area contributed by atoms with Crippen molar-refractivity contribution in [2.45, 2.75) is 13.5 Å². The largest absolute Gasteiger partial charge is 0.360 e. The van der Waals surface area contributed by atoms with Crippen LogP contribution in [0.5, 0.6) is 0 Å². The number of rotatable bonds is 0. The minimum Gasteiger partial charge on any atom is -0.360 e. The zero-order valence-corrected chi connectivity index (χ0v) is 6.99. The first-order valence-electron chi connectivity index (χ1n) is 4.00. The van der Waals surface area contributed by atoms with Crippen molar-refractivity contribution in [3.05, 3.63) is 12.3 Å². The van der Waals surface area contributed by atoms with Gasteiger partial charge in [0.25, 0.3) is 0 Å². The molecule has 3 heteroatoms.